The van der Waals surface area contributed by atoms with Crippen LogP contribution in [0, 0.1) is 11.3 Å². The Balaban J connectivity index is 2.75. The van der Waals surface area contributed by atoms with Crippen LogP contribution in [0.15, 0.2) is 0 Å². The van der Waals surface area contributed by atoms with Gasteiger partial charge in [-0.05, 0) is 12.8 Å². The highest BCUT2D eigenvalue weighted by molar-refractivity contribution is 5.86. The molecule has 0 radical (unpaired) electrons. The van der Waals surface area contributed by atoms with Crippen LogP contribution >= 0.6 is 0 Å². The zero-order valence-electron chi connectivity index (χ0n) is 7.42. The van der Waals surface area contributed by atoms with Crippen LogP contribution in [0.3, 0.4) is 0 Å². The highest BCUT2D eigenvalue weighted by atomic mass is 16.3. The van der Waals surface area contributed by atoms with Gasteiger partial charge in [0.15, 0.2) is 0 Å². The van der Waals surface area contributed by atoms with Gasteiger partial charge in [0.2, 0.25) is 0 Å². The Labute approximate surface area is 67.6 Å². The van der Waals surface area contributed by atoms with Gasteiger partial charge in [-0.3, -0.25) is 4.79 Å². The molecule has 0 aromatic rings. The molecule has 0 spiro atoms. The minimum Gasteiger partial charge on any atom is -0.393 e. The van der Waals surface area contributed by atoms with E-state index in [1.807, 2.05) is 20.8 Å². The van der Waals surface area contributed by atoms with Gasteiger partial charge in [0.05, 0.1) is 6.10 Å². The van der Waals surface area contributed by atoms with E-state index in [1.165, 1.54) is 0 Å². The number of aliphatic hydroxyl groups is 1. The van der Waals surface area contributed by atoms with Crippen LogP contribution < -0.4 is 0 Å². The molecule has 2 heteroatoms. The monoisotopic (exact) mass is 156 g/mol. The maximum absolute atomic E-state index is 11.5. The van der Waals surface area contributed by atoms with E-state index < -0.39 is 0 Å². The summed E-state index contributed by atoms with van der Waals surface area (Å²) in [6.45, 7) is 5.72. The molecular formula is C9H16O2. The molecule has 1 saturated carbocycles. The molecule has 0 aromatic carbocycles. The summed E-state index contributed by atoms with van der Waals surface area (Å²) in [6.07, 6.45) is 0.982. The van der Waals surface area contributed by atoms with Crippen molar-refractivity contribution >= 4 is 5.78 Å². The summed E-state index contributed by atoms with van der Waals surface area (Å²) < 4.78 is 0. The second kappa shape index (κ2) is 2.59. The fourth-order valence-electron chi connectivity index (χ4n) is 1.96. The number of hydrogen-bond donors (Lipinski definition) is 1. The molecule has 2 nitrogen and oxygen atoms in total. The van der Waals surface area contributed by atoms with Crippen molar-refractivity contribution in [2.24, 2.45) is 11.3 Å². The van der Waals surface area contributed by atoms with Crippen molar-refractivity contribution in [2.75, 3.05) is 0 Å². The molecule has 1 aliphatic rings. The maximum atomic E-state index is 11.5. The average molecular weight is 156 g/mol. The zero-order valence-corrected chi connectivity index (χ0v) is 7.42. The third-order valence-corrected chi connectivity index (χ3v) is 2.49. The number of hydrogen-bond acceptors (Lipinski definition) is 2. The SMILES string of the molecule is CC1C[C@@H](O)CC(C)(C)C1=O. The molecule has 0 bridgehead atoms. The van der Waals surface area contributed by atoms with Gasteiger partial charge in [0.25, 0.3) is 0 Å². The Morgan fingerprint density at radius 1 is 1.55 bits per heavy atom. The summed E-state index contributed by atoms with van der Waals surface area (Å²) >= 11 is 0. The van der Waals surface area contributed by atoms with Crippen LogP contribution in [0.1, 0.15) is 33.6 Å². The second-order valence-electron chi connectivity index (χ2n) is 4.24. The Morgan fingerprint density at radius 3 is 2.55 bits per heavy atom. The summed E-state index contributed by atoms with van der Waals surface area (Å²) in [5.41, 5.74) is -0.308. The van der Waals surface area contributed by atoms with E-state index in [4.69, 9.17) is 0 Å². The number of ketones is 1. The van der Waals surface area contributed by atoms with Gasteiger partial charge in [0, 0.05) is 11.3 Å². The van der Waals surface area contributed by atoms with Crippen LogP contribution in [0.25, 0.3) is 0 Å². The second-order valence-corrected chi connectivity index (χ2v) is 4.24. The molecule has 1 aliphatic carbocycles. The first-order chi connectivity index (χ1) is 4.93. The molecule has 0 aromatic heterocycles. The molecule has 64 valence electrons. The molecule has 1 N–H and O–H groups in total. The van der Waals surface area contributed by atoms with Gasteiger partial charge in [-0.15, -0.1) is 0 Å². The number of aliphatic hydroxyl groups excluding tert-OH is 1. The summed E-state index contributed by atoms with van der Waals surface area (Å²) in [5.74, 6) is 0.330. The fraction of sp³-hybridized carbons (Fsp3) is 0.889. The fourth-order valence-corrected chi connectivity index (χ4v) is 1.96. The van der Waals surface area contributed by atoms with Crippen molar-refractivity contribution < 1.29 is 9.90 Å². The van der Waals surface area contributed by atoms with Crippen molar-refractivity contribution in [3.05, 3.63) is 0 Å². The van der Waals surface area contributed by atoms with Gasteiger partial charge in [-0.2, -0.15) is 0 Å². The predicted molar refractivity (Wildman–Crippen MR) is 43.2 cm³/mol. The Kier molecular flexibility index (Phi) is 2.06. The van der Waals surface area contributed by atoms with Gasteiger partial charge >= 0.3 is 0 Å². The molecular weight excluding hydrogens is 140 g/mol. The predicted octanol–water partition coefficient (Wildman–Crippen LogP) is 1.37. The minimum atomic E-state index is -0.308. The van der Waals surface area contributed by atoms with E-state index in [1.54, 1.807) is 0 Å². The summed E-state index contributed by atoms with van der Waals surface area (Å²) in [5, 5.41) is 9.38. The number of carbonyl (C=O) groups is 1. The molecule has 1 unspecified atom stereocenters. The molecule has 0 heterocycles. The number of carbonyl (C=O) groups excluding carboxylic acids is 1. The van der Waals surface area contributed by atoms with Crippen LogP contribution in [-0.2, 0) is 4.79 Å². The number of rotatable bonds is 0. The standard InChI is InChI=1S/C9H16O2/c1-6-4-7(10)5-9(2,3)8(6)11/h6-7,10H,4-5H2,1-3H3/t6?,7-/m1/s1. The van der Waals surface area contributed by atoms with Crippen LogP contribution in [0.5, 0.6) is 0 Å². The molecule has 1 fully saturated rings. The molecule has 0 amide bonds. The van der Waals surface area contributed by atoms with E-state index in [0.29, 0.717) is 18.6 Å². The lowest BCUT2D eigenvalue weighted by Crippen LogP contribution is -2.40. The third kappa shape index (κ3) is 1.62. The van der Waals surface area contributed by atoms with Crippen molar-refractivity contribution in [2.45, 2.75) is 39.7 Å². The van der Waals surface area contributed by atoms with Crippen molar-refractivity contribution in [1.82, 2.24) is 0 Å². The highest BCUT2D eigenvalue weighted by Gasteiger charge is 2.38. The van der Waals surface area contributed by atoms with E-state index in [2.05, 4.69) is 0 Å². The Hall–Kier alpha value is -0.370. The first-order valence-corrected chi connectivity index (χ1v) is 4.16. The lowest BCUT2D eigenvalue weighted by atomic mass is 9.70. The molecule has 2 atom stereocenters. The lowest BCUT2D eigenvalue weighted by Gasteiger charge is -2.34. The van der Waals surface area contributed by atoms with Crippen molar-refractivity contribution in [3.8, 4) is 0 Å². The third-order valence-electron chi connectivity index (χ3n) is 2.49. The minimum absolute atomic E-state index is 0.0359. The van der Waals surface area contributed by atoms with E-state index in [-0.39, 0.29) is 17.4 Å². The van der Waals surface area contributed by atoms with Crippen LogP contribution in [-0.4, -0.2) is 17.0 Å². The van der Waals surface area contributed by atoms with Crippen molar-refractivity contribution in [1.29, 1.82) is 0 Å². The average Bonchev–Trinajstić information content (AvgIpc) is 1.81. The van der Waals surface area contributed by atoms with Crippen LogP contribution in [0.4, 0.5) is 0 Å². The first kappa shape index (κ1) is 8.72. The highest BCUT2D eigenvalue weighted by Crippen LogP contribution is 2.35. The molecule has 0 aliphatic heterocycles. The molecule has 1 rings (SSSR count). The maximum Gasteiger partial charge on any atom is 0.141 e. The molecule has 0 saturated heterocycles. The normalized spacial score (nSPS) is 37.3. The van der Waals surface area contributed by atoms with Gasteiger partial charge in [-0.25, -0.2) is 0 Å². The van der Waals surface area contributed by atoms with Gasteiger partial charge in [0.1, 0.15) is 5.78 Å². The first-order valence-electron chi connectivity index (χ1n) is 4.16. The summed E-state index contributed by atoms with van der Waals surface area (Å²) in [4.78, 5) is 11.5. The largest absolute Gasteiger partial charge is 0.393 e. The summed E-state index contributed by atoms with van der Waals surface area (Å²) in [6, 6.07) is 0. The van der Waals surface area contributed by atoms with Gasteiger partial charge < -0.3 is 5.11 Å². The zero-order chi connectivity index (χ0) is 8.65. The van der Waals surface area contributed by atoms with Gasteiger partial charge in [-0.1, -0.05) is 20.8 Å². The smallest absolute Gasteiger partial charge is 0.141 e. The Bertz CT molecular complexity index is 172. The molecule has 11 heavy (non-hydrogen) atoms. The lowest BCUT2D eigenvalue weighted by molar-refractivity contribution is -0.137. The van der Waals surface area contributed by atoms with E-state index in [0.717, 1.165) is 0 Å². The summed E-state index contributed by atoms with van der Waals surface area (Å²) in [7, 11) is 0. The quantitative estimate of drug-likeness (QED) is 0.575. The van der Waals surface area contributed by atoms with Crippen LogP contribution in [0.2, 0.25) is 0 Å². The van der Waals surface area contributed by atoms with E-state index in [9.17, 15) is 9.90 Å². The topological polar surface area (TPSA) is 37.3 Å². The number of Topliss-reactive ketones (excluding diaryl/α,β-unsaturated/α-hetero) is 1. The van der Waals surface area contributed by atoms with E-state index >= 15 is 0 Å². The van der Waals surface area contributed by atoms with Crippen molar-refractivity contribution in [3.63, 3.8) is 0 Å². The Morgan fingerprint density at radius 2 is 2.09 bits per heavy atom.